The SMILES string of the molecule is CC1=C(N2CCC3=C(CC(c4c(F)cccc4F)N3)C2)CN(C)C([N+](=O)[O-])=C1. The zero-order valence-corrected chi connectivity index (χ0v) is 15.8. The molecule has 1 atom stereocenters. The molecule has 0 amide bonds. The second kappa shape index (κ2) is 6.92. The number of halogens is 2. The molecule has 1 aromatic rings. The maximum atomic E-state index is 14.2. The van der Waals surface area contributed by atoms with E-state index in [1.165, 1.54) is 18.2 Å². The van der Waals surface area contributed by atoms with Crippen molar-refractivity contribution in [2.45, 2.75) is 25.8 Å². The van der Waals surface area contributed by atoms with Crippen LogP contribution in [-0.2, 0) is 0 Å². The summed E-state index contributed by atoms with van der Waals surface area (Å²) in [6.45, 7) is 3.79. The van der Waals surface area contributed by atoms with E-state index in [1.54, 1.807) is 18.0 Å². The number of hydrogen-bond donors (Lipinski definition) is 1. The molecule has 1 N–H and O–H groups in total. The number of nitro groups is 1. The lowest BCUT2D eigenvalue weighted by Gasteiger charge is -2.35. The lowest BCUT2D eigenvalue weighted by molar-refractivity contribution is -0.445. The summed E-state index contributed by atoms with van der Waals surface area (Å²) in [5.41, 5.74) is 4.24. The molecule has 0 fully saturated rings. The number of rotatable bonds is 3. The Morgan fingerprint density at radius 2 is 1.96 bits per heavy atom. The minimum atomic E-state index is -0.529. The zero-order valence-electron chi connectivity index (χ0n) is 15.8. The van der Waals surface area contributed by atoms with Crippen LogP contribution in [0.1, 0.15) is 31.4 Å². The molecule has 3 aliphatic rings. The minimum absolute atomic E-state index is 0.0924. The first-order valence-electron chi connectivity index (χ1n) is 9.28. The zero-order chi connectivity index (χ0) is 20.0. The van der Waals surface area contributed by atoms with Crippen LogP contribution in [0.5, 0.6) is 0 Å². The van der Waals surface area contributed by atoms with Gasteiger partial charge in [-0.05, 0) is 41.5 Å². The van der Waals surface area contributed by atoms with Crippen molar-refractivity contribution in [3.05, 3.63) is 79.9 Å². The Kier molecular flexibility index (Phi) is 4.56. The third-order valence-corrected chi connectivity index (χ3v) is 5.73. The van der Waals surface area contributed by atoms with Crippen LogP contribution in [0.15, 0.2) is 52.6 Å². The van der Waals surface area contributed by atoms with Gasteiger partial charge in [0, 0.05) is 36.8 Å². The predicted octanol–water partition coefficient (Wildman–Crippen LogP) is 3.30. The van der Waals surface area contributed by atoms with Gasteiger partial charge in [0.05, 0.1) is 18.8 Å². The van der Waals surface area contributed by atoms with Crippen molar-refractivity contribution < 1.29 is 13.7 Å². The molecule has 0 saturated heterocycles. The largest absolute Gasteiger partial charge is 0.381 e. The fourth-order valence-corrected chi connectivity index (χ4v) is 4.31. The Morgan fingerprint density at radius 1 is 1.25 bits per heavy atom. The number of nitrogens with one attached hydrogen (secondary N) is 1. The number of hydrogen-bond acceptors (Lipinski definition) is 5. The molecule has 0 aromatic heterocycles. The van der Waals surface area contributed by atoms with Crippen LogP contribution < -0.4 is 5.32 Å². The van der Waals surface area contributed by atoms with Gasteiger partial charge in [-0.15, -0.1) is 0 Å². The highest BCUT2D eigenvalue weighted by Crippen LogP contribution is 2.37. The Balaban J connectivity index is 1.53. The molecule has 0 aliphatic carbocycles. The van der Waals surface area contributed by atoms with E-state index in [0.29, 0.717) is 19.5 Å². The van der Waals surface area contributed by atoms with Gasteiger partial charge in [-0.3, -0.25) is 4.90 Å². The Morgan fingerprint density at radius 3 is 2.64 bits per heavy atom. The lowest BCUT2D eigenvalue weighted by Crippen LogP contribution is -2.39. The molecular formula is C20H22F2N4O2. The molecule has 1 aromatic carbocycles. The van der Waals surface area contributed by atoms with E-state index in [2.05, 4.69) is 10.2 Å². The van der Waals surface area contributed by atoms with Gasteiger partial charge < -0.3 is 20.3 Å². The van der Waals surface area contributed by atoms with E-state index in [1.807, 2.05) is 6.92 Å². The average Bonchev–Trinajstić information content (AvgIpc) is 3.05. The van der Waals surface area contributed by atoms with Crippen molar-refractivity contribution in [1.82, 2.24) is 15.1 Å². The van der Waals surface area contributed by atoms with Crippen LogP contribution in [0.4, 0.5) is 8.78 Å². The summed E-state index contributed by atoms with van der Waals surface area (Å²) in [6, 6.07) is 3.56. The molecular weight excluding hydrogens is 366 g/mol. The van der Waals surface area contributed by atoms with Gasteiger partial charge >= 0.3 is 5.82 Å². The summed E-state index contributed by atoms with van der Waals surface area (Å²) in [4.78, 5) is 14.6. The quantitative estimate of drug-likeness (QED) is 0.636. The molecule has 3 heterocycles. The third kappa shape index (κ3) is 3.12. The highest BCUT2D eigenvalue weighted by atomic mass is 19.1. The van der Waals surface area contributed by atoms with Gasteiger partial charge in [0.15, 0.2) is 0 Å². The second-order valence-corrected chi connectivity index (χ2v) is 7.54. The summed E-state index contributed by atoms with van der Waals surface area (Å²) in [7, 11) is 1.71. The van der Waals surface area contributed by atoms with Crippen LogP contribution in [0, 0.1) is 21.7 Å². The number of benzene rings is 1. The van der Waals surface area contributed by atoms with E-state index >= 15 is 0 Å². The van der Waals surface area contributed by atoms with Crippen molar-refractivity contribution in [2.24, 2.45) is 0 Å². The monoisotopic (exact) mass is 388 g/mol. The van der Waals surface area contributed by atoms with Gasteiger partial charge in [0.25, 0.3) is 0 Å². The van der Waals surface area contributed by atoms with E-state index in [-0.39, 0.29) is 16.3 Å². The molecule has 0 saturated carbocycles. The first kappa shape index (κ1) is 18.5. The van der Waals surface area contributed by atoms with Gasteiger partial charge in [0.1, 0.15) is 18.2 Å². The Hall–Kier alpha value is -2.90. The lowest BCUT2D eigenvalue weighted by atomic mass is 9.98. The molecule has 148 valence electrons. The molecule has 6 nitrogen and oxygen atoms in total. The Labute approximate surface area is 162 Å². The average molecular weight is 388 g/mol. The van der Waals surface area contributed by atoms with Crippen LogP contribution in [0.25, 0.3) is 0 Å². The van der Waals surface area contributed by atoms with E-state index in [9.17, 15) is 18.9 Å². The molecule has 0 radical (unpaired) electrons. The normalized spacial score (nSPS) is 22.3. The second-order valence-electron chi connectivity index (χ2n) is 7.54. The number of allylic oxidation sites excluding steroid dienone is 2. The van der Waals surface area contributed by atoms with E-state index in [4.69, 9.17) is 0 Å². The van der Waals surface area contributed by atoms with Gasteiger partial charge in [0.2, 0.25) is 0 Å². The third-order valence-electron chi connectivity index (χ3n) is 5.73. The van der Waals surface area contributed by atoms with Crippen molar-refractivity contribution in [3.8, 4) is 0 Å². The highest BCUT2D eigenvalue weighted by Gasteiger charge is 2.34. The molecule has 8 heteroatoms. The first-order chi connectivity index (χ1) is 13.3. The molecule has 0 bridgehead atoms. The fraction of sp³-hybridized carbons (Fsp3) is 0.400. The van der Waals surface area contributed by atoms with Crippen molar-refractivity contribution in [2.75, 3.05) is 26.7 Å². The first-order valence-corrected chi connectivity index (χ1v) is 9.28. The van der Waals surface area contributed by atoms with Crippen LogP contribution >= 0.6 is 0 Å². The van der Waals surface area contributed by atoms with Crippen molar-refractivity contribution in [3.63, 3.8) is 0 Å². The molecule has 4 rings (SSSR count). The van der Waals surface area contributed by atoms with Crippen molar-refractivity contribution in [1.29, 1.82) is 0 Å². The maximum absolute atomic E-state index is 14.2. The number of likely N-dealkylation sites (N-methyl/N-ethyl adjacent to an activating group) is 1. The smallest absolute Gasteiger partial charge is 0.318 e. The topological polar surface area (TPSA) is 61.6 Å². The van der Waals surface area contributed by atoms with Crippen LogP contribution in [0.2, 0.25) is 0 Å². The Bertz CT molecular complexity index is 918. The van der Waals surface area contributed by atoms with Crippen molar-refractivity contribution >= 4 is 0 Å². The van der Waals surface area contributed by atoms with Gasteiger partial charge in [-0.1, -0.05) is 6.07 Å². The molecule has 28 heavy (non-hydrogen) atoms. The molecule has 3 aliphatic heterocycles. The maximum Gasteiger partial charge on any atom is 0.318 e. The van der Waals surface area contributed by atoms with Crippen LogP contribution in [-0.4, -0.2) is 41.4 Å². The van der Waals surface area contributed by atoms with Gasteiger partial charge in [-0.25, -0.2) is 8.78 Å². The number of nitrogens with zero attached hydrogens (tertiary/aromatic N) is 3. The van der Waals surface area contributed by atoms with E-state index < -0.39 is 17.7 Å². The highest BCUT2D eigenvalue weighted by molar-refractivity contribution is 5.36. The summed E-state index contributed by atoms with van der Waals surface area (Å²) < 4.78 is 28.3. The fourth-order valence-electron chi connectivity index (χ4n) is 4.31. The molecule has 1 unspecified atom stereocenters. The standard InChI is InChI=1S/C20H22F2N4O2/c1-12-8-19(26(27)28)24(2)11-18(12)25-7-6-16-13(10-25)9-17(23-16)20-14(21)4-3-5-15(20)22/h3-5,8,17,23H,6-7,9-11H2,1-2H3. The summed E-state index contributed by atoms with van der Waals surface area (Å²) in [6.07, 6.45) is 2.92. The van der Waals surface area contributed by atoms with E-state index in [0.717, 1.165) is 35.5 Å². The minimum Gasteiger partial charge on any atom is -0.381 e. The summed E-state index contributed by atoms with van der Waals surface area (Å²) >= 11 is 0. The molecule has 0 spiro atoms. The summed E-state index contributed by atoms with van der Waals surface area (Å²) in [5.74, 6) is -0.964. The predicted molar refractivity (Wildman–Crippen MR) is 100 cm³/mol. The van der Waals surface area contributed by atoms with Crippen LogP contribution in [0.3, 0.4) is 0 Å². The summed E-state index contributed by atoms with van der Waals surface area (Å²) in [5, 5.41) is 14.5. The van der Waals surface area contributed by atoms with Gasteiger partial charge in [-0.2, -0.15) is 0 Å².